The highest BCUT2D eigenvalue weighted by Crippen LogP contribution is 2.19. The molecule has 124 valence electrons. The average Bonchev–Trinajstić information content (AvgIpc) is 3.33. The first-order valence-corrected chi connectivity index (χ1v) is 8.78. The fraction of sp³-hybridized carbons (Fsp3) is 0.111. The Kier molecular flexibility index (Phi) is 4.58. The number of hydrogen-bond acceptors (Lipinski definition) is 6. The summed E-state index contributed by atoms with van der Waals surface area (Å²) in [6, 6.07) is 11.9. The molecule has 0 saturated heterocycles. The van der Waals surface area contributed by atoms with Gasteiger partial charge in [0.15, 0.2) is 10.8 Å². The van der Waals surface area contributed by atoms with Crippen molar-refractivity contribution in [2.45, 2.75) is 13.1 Å². The Morgan fingerprint density at radius 2 is 1.84 bits per heavy atom. The molecular formula is C18H16N6S. The number of benzene rings is 1. The quantitative estimate of drug-likeness (QED) is 0.580. The van der Waals surface area contributed by atoms with E-state index in [9.17, 15) is 0 Å². The maximum atomic E-state index is 4.57. The summed E-state index contributed by atoms with van der Waals surface area (Å²) in [5.74, 6) is 0.669. The molecule has 0 amide bonds. The van der Waals surface area contributed by atoms with Crippen LogP contribution in [0.3, 0.4) is 0 Å². The third kappa shape index (κ3) is 3.78. The van der Waals surface area contributed by atoms with E-state index in [-0.39, 0.29) is 0 Å². The molecule has 0 aliphatic rings. The van der Waals surface area contributed by atoms with Gasteiger partial charge in [-0.15, -0.1) is 11.3 Å². The van der Waals surface area contributed by atoms with Crippen LogP contribution in [0.1, 0.15) is 11.3 Å². The van der Waals surface area contributed by atoms with E-state index in [2.05, 4.69) is 25.4 Å². The monoisotopic (exact) mass is 348 g/mol. The van der Waals surface area contributed by atoms with E-state index in [0.29, 0.717) is 12.4 Å². The van der Waals surface area contributed by atoms with Crippen LogP contribution in [0, 0.1) is 0 Å². The first-order valence-electron chi connectivity index (χ1n) is 7.90. The molecule has 0 unspecified atom stereocenters. The molecule has 0 aliphatic heterocycles. The Bertz CT molecular complexity index is 855. The van der Waals surface area contributed by atoms with Gasteiger partial charge in [-0.1, -0.05) is 18.2 Å². The van der Waals surface area contributed by atoms with Crippen molar-refractivity contribution >= 4 is 11.3 Å². The summed E-state index contributed by atoms with van der Waals surface area (Å²) in [4.78, 5) is 13.0. The zero-order valence-electron chi connectivity index (χ0n) is 13.4. The minimum absolute atomic E-state index is 0.669. The lowest BCUT2D eigenvalue weighted by Gasteiger charge is -2.01. The maximum Gasteiger partial charge on any atom is 0.188 e. The van der Waals surface area contributed by atoms with Crippen LogP contribution in [0.25, 0.3) is 16.5 Å². The first-order chi connectivity index (χ1) is 12.4. The van der Waals surface area contributed by atoms with Crippen LogP contribution in [0.15, 0.2) is 66.6 Å². The molecule has 0 aliphatic carbocycles. The van der Waals surface area contributed by atoms with E-state index >= 15 is 0 Å². The molecule has 0 bridgehead atoms. The number of hydrogen-bond donors (Lipinski definition) is 1. The molecule has 3 aromatic heterocycles. The second-order valence-electron chi connectivity index (χ2n) is 5.45. The summed E-state index contributed by atoms with van der Waals surface area (Å²) in [5.41, 5.74) is 3.18. The lowest BCUT2D eigenvalue weighted by Crippen LogP contribution is -2.12. The first kappa shape index (κ1) is 15.6. The summed E-state index contributed by atoms with van der Waals surface area (Å²) in [6.07, 6.45) is 7.37. The normalized spacial score (nSPS) is 10.9. The lowest BCUT2D eigenvalue weighted by atomic mass is 10.3. The average molecular weight is 348 g/mol. The van der Waals surface area contributed by atoms with Gasteiger partial charge in [0.1, 0.15) is 0 Å². The van der Waals surface area contributed by atoms with E-state index in [4.69, 9.17) is 0 Å². The maximum absolute atomic E-state index is 4.57. The zero-order valence-corrected chi connectivity index (χ0v) is 14.2. The fourth-order valence-corrected chi connectivity index (χ4v) is 3.17. The Hall–Kier alpha value is -2.90. The van der Waals surface area contributed by atoms with E-state index < -0.39 is 0 Å². The second kappa shape index (κ2) is 7.33. The number of aromatic nitrogens is 5. The van der Waals surface area contributed by atoms with Crippen LogP contribution in [-0.4, -0.2) is 24.7 Å². The van der Waals surface area contributed by atoms with Crippen molar-refractivity contribution in [3.05, 3.63) is 77.8 Å². The van der Waals surface area contributed by atoms with Gasteiger partial charge in [-0.25, -0.2) is 19.6 Å². The largest absolute Gasteiger partial charge is 0.307 e. The van der Waals surface area contributed by atoms with Gasteiger partial charge in [-0.05, 0) is 18.2 Å². The van der Waals surface area contributed by atoms with Gasteiger partial charge < -0.3 is 5.32 Å². The molecule has 0 atom stereocenters. The van der Waals surface area contributed by atoms with Gasteiger partial charge in [-0.3, -0.25) is 0 Å². The number of nitrogens with one attached hydrogen (secondary N) is 1. The smallest absolute Gasteiger partial charge is 0.188 e. The number of thiazole rings is 1. The summed E-state index contributed by atoms with van der Waals surface area (Å²) in [6.45, 7) is 1.43. The summed E-state index contributed by atoms with van der Waals surface area (Å²) < 4.78 is 1.88. The fourth-order valence-electron chi connectivity index (χ4n) is 2.41. The van der Waals surface area contributed by atoms with Crippen LogP contribution < -0.4 is 5.32 Å². The van der Waals surface area contributed by atoms with Crippen molar-refractivity contribution in [2.75, 3.05) is 0 Å². The van der Waals surface area contributed by atoms with Crippen LogP contribution in [0.4, 0.5) is 0 Å². The third-order valence-electron chi connectivity index (χ3n) is 3.60. The van der Waals surface area contributed by atoms with Crippen molar-refractivity contribution in [3.8, 4) is 16.5 Å². The van der Waals surface area contributed by atoms with Crippen LogP contribution in [-0.2, 0) is 13.1 Å². The minimum Gasteiger partial charge on any atom is -0.307 e. The van der Waals surface area contributed by atoms with E-state index in [1.807, 2.05) is 52.8 Å². The summed E-state index contributed by atoms with van der Waals surface area (Å²) >= 11 is 1.56. The molecule has 0 spiro atoms. The number of nitrogens with zero attached hydrogens (tertiary/aromatic N) is 5. The Morgan fingerprint density at radius 1 is 1.00 bits per heavy atom. The van der Waals surface area contributed by atoms with E-state index in [1.54, 1.807) is 29.8 Å². The highest BCUT2D eigenvalue weighted by molar-refractivity contribution is 7.13. The zero-order chi connectivity index (χ0) is 16.9. The van der Waals surface area contributed by atoms with Gasteiger partial charge >= 0.3 is 0 Å². The minimum atomic E-state index is 0.669. The highest BCUT2D eigenvalue weighted by Gasteiger charge is 2.07. The highest BCUT2D eigenvalue weighted by atomic mass is 32.1. The molecule has 4 aromatic rings. The Labute approximate surface area is 149 Å². The Morgan fingerprint density at radius 3 is 2.68 bits per heavy atom. The van der Waals surface area contributed by atoms with Gasteiger partial charge in [0.05, 0.1) is 17.6 Å². The molecule has 0 radical (unpaired) electrons. The van der Waals surface area contributed by atoms with Crippen molar-refractivity contribution in [1.29, 1.82) is 0 Å². The molecule has 7 heteroatoms. The van der Waals surface area contributed by atoms with E-state index in [0.717, 1.165) is 28.5 Å². The Balaban J connectivity index is 1.34. The van der Waals surface area contributed by atoms with Crippen LogP contribution in [0.2, 0.25) is 0 Å². The van der Waals surface area contributed by atoms with Crippen LogP contribution >= 0.6 is 11.3 Å². The molecule has 6 nitrogen and oxygen atoms in total. The molecule has 3 heterocycles. The third-order valence-corrected chi connectivity index (χ3v) is 4.49. The molecular weight excluding hydrogens is 332 g/mol. The van der Waals surface area contributed by atoms with Gasteiger partial charge in [0.25, 0.3) is 0 Å². The topological polar surface area (TPSA) is 68.5 Å². The molecule has 25 heavy (non-hydrogen) atoms. The molecule has 1 aromatic carbocycles. The summed E-state index contributed by atoms with van der Waals surface area (Å²) in [7, 11) is 0. The van der Waals surface area contributed by atoms with Gasteiger partial charge in [0.2, 0.25) is 0 Å². The van der Waals surface area contributed by atoms with Crippen molar-refractivity contribution in [1.82, 2.24) is 30.0 Å². The number of rotatable bonds is 6. The SMILES string of the molecule is c1ccc(-n2cc(CNCc3csc(-c4ncccn4)n3)cn2)cc1. The molecule has 1 N–H and O–H groups in total. The van der Waals surface area contributed by atoms with Crippen molar-refractivity contribution < 1.29 is 0 Å². The molecule has 4 rings (SSSR count). The second-order valence-corrected chi connectivity index (χ2v) is 6.31. The van der Waals surface area contributed by atoms with Gasteiger partial charge in [-0.2, -0.15) is 5.10 Å². The molecule has 0 saturated carbocycles. The number of para-hydroxylation sites is 1. The van der Waals surface area contributed by atoms with Crippen molar-refractivity contribution in [2.24, 2.45) is 0 Å². The van der Waals surface area contributed by atoms with E-state index in [1.165, 1.54) is 0 Å². The predicted octanol–water partition coefficient (Wildman–Crippen LogP) is 3.08. The predicted molar refractivity (Wildman–Crippen MR) is 97.2 cm³/mol. The van der Waals surface area contributed by atoms with Crippen molar-refractivity contribution in [3.63, 3.8) is 0 Å². The summed E-state index contributed by atoms with van der Waals surface area (Å²) in [5, 5.41) is 10.7. The van der Waals surface area contributed by atoms with Crippen LogP contribution in [0.5, 0.6) is 0 Å². The lowest BCUT2D eigenvalue weighted by molar-refractivity contribution is 0.682. The van der Waals surface area contributed by atoms with Gasteiger partial charge in [0, 0.05) is 42.6 Å². The molecule has 0 fully saturated rings. The standard InChI is InChI=1S/C18H16N6S/c1-2-5-16(6-3-1)24-12-14(10-22-24)9-19-11-15-13-25-18(23-15)17-20-7-4-8-21-17/h1-8,10,12-13,19H,9,11H2.